The monoisotopic (exact) mass is 381 g/mol. The van der Waals surface area contributed by atoms with E-state index in [-0.39, 0.29) is 11.3 Å². The Morgan fingerprint density at radius 1 is 1.00 bits per heavy atom. The van der Waals surface area contributed by atoms with Gasteiger partial charge in [-0.15, -0.1) is 0 Å². The van der Waals surface area contributed by atoms with Crippen LogP contribution in [0.5, 0.6) is 5.75 Å². The third-order valence-electron chi connectivity index (χ3n) is 4.44. The second kappa shape index (κ2) is 7.92. The first-order chi connectivity index (χ1) is 12.8. The van der Waals surface area contributed by atoms with Gasteiger partial charge in [-0.1, -0.05) is 35.9 Å². The molecule has 3 rings (SSSR count). The highest BCUT2D eigenvalue weighted by molar-refractivity contribution is 6.31. The lowest BCUT2D eigenvalue weighted by molar-refractivity contribution is -0.231. The zero-order valence-electron chi connectivity index (χ0n) is 14.8. The first kappa shape index (κ1) is 17.7. The predicted octanol–water partition coefficient (Wildman–Crippen LogP) is 1.15. The van der Waals surface area contributed by atoms with E-state index in [4.69, 9.17) is 17.7 Å². The van der Waals surface area contributed by atoms with Crippen LogP contribution in [0.1, 0.15) is 24.1 Å². The van der Waals surface area contributed by atoms with E-state index in [1.54, 1.807) is 36.4 Å². The summed E-state index contributed by atoms with van der Waals surface area (Å²) in [4.78, 5) is 0. The van der Waals surface area contributed by atoms with Crippen LogP contribution in [0.15, 0.2) is 42.5 Å². The number of aliphatic hydroxyl groups is 4. The predicted molar refractivity (Wildman–Crippen MR) is 95.1 cm³/mol. The first-order valence-corrected chi connectivity index (χ1v) is 8.53. The van der Waals surface area contributed by atoms with Gasteiger partial charge in [0.15, 0.2) is 0 Å². The minimum Gasteiger partial charge on any atom is -0.508 e. The highest BCUT2D eigenvalue weighted by Crippen LogP contribution is 2.34. The molecule has 1 saturated heterocycles. The van der Waals surface area contributed by atoms with Crippen LogP contribution in [0, 0.1) is 0 Å². The minimum atomic E-state index is -2.08. The smallest absolute Gasteiger partial charge is 0.115 e. The molecule has 0 bridgehead atoms. The lowest BCUT2D eigenvalue weighted by Gasteiger charge is -2.40. The van der Waals surface area contributed by atoms with E-state index < -0.39 is 37.1 Å². The summed E-state index contributed by atoms with van der Waals surface area (Å²) in [6, 6.07) is 11.2. The van der Waals surface area contributed by atoms with Crippen molar-refractivity contribution in [3.63, 3.8) is 0 Å². The molecular formula is C19H21ClO6. The SMILES string of the molecule is [2H][C@@]1(c2ccc(Cl)c(Cc3ccc(O)cc3)c2)O[C@H](CO)[C@@H](O)[C@H](O)[C@H]1O. The molecule has 7 heteroatoms. The first-order valence-electron chi connectivity index (χ1n) is 8.66. The van der Waals surface area contributed by atoms with Gasteiger partial charge in [-0.2, -0.15) is 0 Å². The Morgan fingerprint density at radius 2 is 1.69 bits per heavy atom. The molecule has 0 aromatic heterocycles. The van der Waals surface area contributed by atoms with Crippen molar-refractivity contribution in [3.05, 3.63) is 64.2 Å². The second-order valence-electron chi connectivity index (χ2n) is 6.28. The summed E-state index contributed by atoms with van der Waals surface area (Å²) in [7, 11) is 0. The van der Waals surface area contributed by atoms with Crippen LogP contribution in [0.2, 0.25) is 5.02 Å². The Morgan fingerprint density at radius 3 is 2.35 bits per heavy atom. The minimum absolute atomic E-state index is 0.144. The fraction of sp³-hybridized carbons (Fsp3) is 0.368. The maximum atomic E-state index is 10.3. The van der Waals surface area contributed by atoms with E-state index in [2.05, 4.69) is 0 Å². The van der Waals surface area contributed by atoms with Crippen molar-refractivity contribution >= 4 is 11.6 Å². The maximum Gasteiger partial charge on any atom is 0.115 e. The van der Waals surface area contributed by atoms with Gasteiger partial charge in [-0.05, 0) is 41.3 Å². The van der Waals surface area contributed by atoms with Gasteiger partial charge in [-0.3, -0.25) is 0 Å². The number of aromatic hydroxyl groups is 1. The van der Waals surface area contributed by atoms with E-state index in [1.165, 1.54) is 6.07 Å². The van der Waals surface area contributed by atoms with Crippen LogP contribution in [-0.2, 0) is 11.2 Å². The van der Waals surface area contributed by atoms with Crippen molar-refractivity contribution in [2.75, 3.05) is 6.61 Å². The Balaban J connectivity index is 1.95. The van der Waals surface area contributed by atoms with Crippen molar-refractivity contribution < 1.29 is 31.6 Å². The molecule has 5 atom stereocenters. The fourth-order valence-electron chi connectivity index (χ4n) is 2.95. The Kier molecular flexibility index (Phi) is 5.40. The molecule has 2 aromatic rings. The summed E-state index contributed by atoms with van der Waals surface area (Å²) in [6.45, 7) is -0.612. The van der Waals surface area contributed by atoms with Gasteiger partial charge in [0.05, 0.1) is 7.98 Å². The van der Waals surface area contributed by atoms with Crippen LogP contribution in [-0.4, -0.2) is 56.6 Å². The topological polar surface area (TPSA) is 110 Å². The van der Waals surface area contributed by atoms with E-state index >= 15 is 0 Å². The normalized spacial score (nSPS) is 32.3. The van der Waals surface area contributed by atoms with E-state index in [0.29, 0.717) is 17.0 Å². The molecule has 0 spiro atoms. The summed E-state index contributed by atoms with van der Waals surface area (Å²) >= 11 is 6.26. The van der Waals surface area contributed by atoms with Gasteiger partial charge in [0.2, 0.25) is 0 Å². The number of phenolic OH excluding ortho intramolecular Hbond substituents is 1. The highest BCUT2D eigenvalue weighted by atomic mass is 35.5. The molecule has 6 nitrogen and oxygen atoms in total. The van der Waals surface area contributed by atoms with Gasteiger partial charge >= 0.3 is 0 Å². The molecule has 1 aliphatic heterocycles. The zero-order chi connectivity index (χ0) is 19.8. The van der Waals surface area contributed by atoms with Gasteiger partial charge in [-0.25, -0.2) is 0 Å². The van der Waals surface area contributed by atoms with Crippen molar-refractivity contribution in [2.24, 2.45) is 0 Å². The molecule has 2 aromatic carbocycles. The van der Waals surface area contributed by atoms with Crippen molar-refractivity contribution in [2.45, 2.75) is 36.9 Å². The molecular weight excluding hydrogens is 360 g/mol. The molecule has 0 saturated carbocycles. The second-order valence-corrected chi connectivity index (χ2v) is 6.69. The summed E-state index contributed by atoms with van der Waals surface area (Å²) in [5.41, 5.74) is 1.76. The number of ether oxygens (including phenoxy) is 1. The fourth-order valence-corrected chi connectivity index (χ4v) is 3.13. The number of hydrogen-bond acceptors (Lipinski definition) is 6. The largest absolute Gasteiger partial charge is 0.508 e. The van der Waals surface area contributed by atoms with Gasteiger partial charge < -0.3 is 30.3 Å². The van der Waals surface area contributed by atoms with Crippen LogP contribution in [0.3, 0.4) is 0 Å². The number of benzene rings is 2. The Hall–Kier alpha value is -1.67. The third-order valence-corrected chi connectivity index (χ3v) is 4.81. The molecule has 1 heterocycles. The number of hydrogen-bond donors (Lipinski definition) is 5. The third kappa shape index (κ3) is 3.86. The van der Waals surface area contributed by atoms with Crippen LogP contribution < -0.4 is 0 Å². The average molecular weight is 382 g/mol. The molecule has 26 heavy (non-hydrogen) atoms. The number of phenols is 1. The zero-order valence-corrected chi connectivity index (χ0v) is 14.5. The van der Waals surface area contributed by atoms with E-state index in [0.717, 1.165) is 5.56 Å². The van der Waals surface area contributed by atoms with E-state index in [1.807, 2.05) is 0 Å². The van der Waals surface area contributed by atoms with Crippen LogP contribution in [0.25, 0.3) is 0 Å². The molecule has 0 amide bonds. The highest BCUT2D eigenvalue weighted by Gasteiger charge is 2.43. The summed E-state index contributed by atoms with van der Waals surface area (Å²) in [6.07, 6.45) is -7.76. The summed E-state index contributed by atoms with van der Waals surface area (Å²) in [5, 5.41) is 49.5. The van der Waals surface area contributed by atoms with Crippen molar-refractivity contribution in [1.82, 2.24) is 0 Å². The lowest BCUT2D eigenvalue weighted by atomic mass is 9.90. The molecule has 5 N–H and O–H groups in total. The van der Waals surface area contributed by atoms with Gasteiger partial charge in [0.1, 0.15) is 36.2 Å². The molecule has 1 aliphatic rings. The number of rotatable bonds is 4. The van der Waals surface area contributed by atoms with Gasteiger partial charge in [0, 0.05) is 5.02 Å². The Bertz CT molecular complexity index is 799. The standard InChI is InChI=1S/C19H21ClO6/c20-14-6-3-11(8-12(14)7-10-1-4-13(22)5-2-10)19-18(25)17(24)16(23)15(9-21)26-19/h1-6,8,15-19,21-25H,7,9H2/t15-,16-,17+,18-,19+/m1/s1/i19D. The number of halogens is 1. The average Bonchev–Trinajstić information content (AvgIpc) is 2.66. The Labute approximate surface area is 157 Å². The lowest BCUT2D eigenvalue weighted by Crippen LogP contribution is -2.55. The molecule has 140 valence electrons. The maximum absolute atomic E-state index is 10.3. The molecule has 0 aliphatic carbocycles. The van der Waals surface area contributed by atoms with Crippen LogP contribution >= 0.6 is 11.6 Å². The van der Waals surface area contributed by atoms with Crippen molar-refractivity contribution in [1.29, 1.82) is 0 Å². The quantitative estimate of drug-likeness (QED) is 0.543. The van der Waals surface area contributed by atoms with Crippen molar-refractivity contribution in [3.8, 4) is 5.75 Å². The molecule has 0 unspecified atom stereocenters. The summed E-state index contributed by atoms with van der Waals surface area (Å²) < 4.78 is 14.0. The van der Waals surface area contributed by atoms with Gasteiger partial charge in [0.25, 0.3) is 0 Å². The van der Waals surface area contributed by atoms with E-state index in [9.17, 15) is 25.5 Å². The molecule has 0 radical (unpaired) electrons. The van der Waals surface area contributed by atoms with Crippen LogP contribution in [0.4, 0.5) is 0 Å². The summed E-state index contributed by atoms with van der Waals surface area (Å²) in [5.74, 6) is 0.144. The molecule has 1 fully saturated rings. The number of aliphatic hydroxyl groups excluding tert-OH is 4.